The molecule has 0 fully saturated rings. The second kappa shape index (κ2) is 8.35. The molecule has 0 heterocycles. The fraction of sp³-hybridized carbons (Fsp3) is 0.500. The fourth-order valence-electron chi connectivity index (χ4n) is 0.275. The summed E-state index contributed by atoms with van der Waals surface area (Å²) in [5.74, 6) is -2.50. The Hall–Kier alpha value is 0.253. The van der Waals surface area contributed by atoms with E-state index < -0.39 is 24.4 Å². The number of hydrogen-bond donors (Lipinski definition) is 3. The number of rotatable bonds is 3. The molecule has 0 aliphatic carbocycles. The number of carboxylic acids is 2. The smallest absolute Gasteiger partial charge is 1.00 e. The summed E-state index contributed by atoms with van der Waals surface area (Å²) in [6.45, 7) is 0. The second-order valence-electron chi connectivity index (χ2n) is 1.54. The molecule has 4 N–H and O–H groups in total. The largest absolute Gasteiger partial charge is 2.00 e. The van der Waals surface area contributed by atoms with Crippen LogP contribution in [0.15, 0.2) is 0 Å². The Morgan fingerprint density at radius 1 is 1.36 bits per heavy atom. The van der Waals surface area contributed by atoms with E-state index in [1.54, 1.807) is 0 Å². The van der Waals surface area contributed by atoms with Crippen LogP contribution in [0.5, 0.6) is 0 Å². The van der Waals surface area contributed by atoms with Gasteiger partial charge in [-0.25, -0.2) is 0 Å². The van der Waals surface area contributed by atoms with Gasteiger partial charge in [0.2, 0.25) is 0 Å². The van der Waals surface area contributed by atoms with E-state index in [1.807, 2.05) is 0 Å². The van der Waals surface area contributed by atoms with Gasteiger partial charge in [0.1, 0.15) is 6.04 Å². The maximum atomic E-state index is 9.85. The first kappa shape index (κ1) is 17.4. The van der Waals surface area contributed by atoms with Crippen molar-refractivity contribution in [2.75, 3.05) is 0 Å². The normalized spacial score (nSPS) is 10.3. The van der Waals surface area contributed by atoms with Crippen LogP contribution in [-0.2, 0) is 29.1 Å². The van der Waals surface area contributed by atoms with Crippen molar-refractivity contribution in [3.8, 4) is 0 Å². The molecule has 0 aromatic carbocycles. The minimum Gasteiger partial charge on any atom is -1.00 e. The molecule has 5 nitrogen and oxygen atoms in total. The van der Waals surface area contributed by atoms with Gasteiger partial charge in [-0.2, -0.15) is 0 Å². The van der Waals surface area contributed by atoms with Crippen molar-refractivity contribution in [2.45, 2.75) is 12.5 Å². The van der Waals surface area contributed by atoms with Crippen molar-refractivity contribution in [3.05, 3.63) is 0 Å². The van der Waals surface area contributed by atoms with Crippen LogP contribution in [0.2, 0.25) is 0 Å². The quantitative estimate of drug-likeness (QED) is 0.362. The predicted molar refractivity (Wildman–Crippen MR) is 27.9 cm³/mol. The Balaban J connectivity index is -0.000000320. The summed E-state index contributed by atoms with van der Waals surface area (Å²) in [6.07, 6.45) is -0.532. The number of carbonyl (C=O) groups is 2. The number of aliphatic carboxylic acids is 2. The van der Waals surface area contributed by atoms with Crippen molar-refractivity contribution in [1.82, 2.24) is 0 Å². The summed E-state index contributed by atoms with van der Waals surface area (Å²) in [6, 6.07) is -1.29. The van der Waals surface area contributed by atoms with Crippen LogP contribution in [0.4, 0.5) is 0 Å². The van der Waals surface area contributed by atoms with Gasteiger partial charge in [0, 0.05) is 0 Å². The molecule has 60 valence electrons. The first-order valence-electron chi connectivity index (χ1n) is 2.24. The first-order chi connectivity index (χ1) is 4.04. The number of carboxylic acid groups (broad SMARTS) is 2. The minimum absolute atomic E-state index is 0. The molecule has 0 aromatic heterocycles. The van der Waals surface area contributed by atoms with Gasteiger partial charge in [0.15, 0.2) is 0 Å². The Bertz CT molecular complexity index is 142. The van der Waals surface area contributed by atoms with Crippen molar-refractivity contribution in [1.29, 1.82) is 0 Å². The van der Waals surface area contributed by atoms with E-state index in [2.05, 4.69) is 0 Å². The number of hydrogen-bond acceptors (Lipinski definition) is 3. The maximum Gasteiger partial charge on any atom is 2.00 e. The molecule has 0 aliphatic heterocycles. The molecule has 0 bridgehead atoms. The molecule has 1 atom stereocenters. The zero-order valence-electron chi connectivity index (χ0n) is 5.66. The molecule has 0 unspecified atom stereocenters. The third-order valence-electron chi connectivity index (χ3n) is 0.712. The monoisotopic (exact) mass is 324 g/mol. The van der Waals surface area contributed by atoms with Gasteiger partial charge in [-0.05, 0) is 0 Å². The Morgan fingerprint density at radius 2 is 1.73 bits per heavy atom. The molecule has 0 spiro atoms. The van der Waals surface area contributed by atoms with Crippen molar-refractivity contribution in [2.24, 2.45) is 5.73 Å². The van der Waals surface area contributed by atoms with Crippen molar-refractivity contribution >= 4 is 11.9 Å². The molecule has 0 radical (unpaired) electrons. The molecular formula is C4H7INO4Zn+. The van der Waals surface area contributed by atoms with Crippen LogP contribution in [-0.4, -0.2) is 28.2 Å². The SMILES string of the molecule is N[C@@H](CC(=O)O)C(=O)O.[I-].[Zn+2]. The van der Waals surface area contributed by atoms with Crippen molar-refractivity contribution < 1.29 is 63.3 Å². The molecule has 0 aliphatic rings. The van der Waals surface area contributed by atoms with Gasteiger partial charge < -0.3 is 39.9 Å². The summed E-state index contributed by atoms with van der Waals surface area (Å²) in [4.78, 5) is 19.6. The standard InChI is InChI=1S/C4H7NO4.HI.Zn/c5-2(4(8)9)1-3(6)7;;/h2H,1,5H2,(H,6,7)(H,8,9);1H;/q;;+2/p-1/t2-;;/m0../s1. The maximum absolute atomic E-state index is 9.85. The Morgan fingerprint density at radius 3 is 1.82 bits per heavy atom. The fourth-order valence-corrected chi connectivity index (χ4v) is 0.275. The summed E-state index contributed by atoms with van der Waals surface area (Å²) >= 11 is 0. The van der Waals surface area contributed by atoms with Crippen LogP contribution in [0.1, 0.15) is 6.42 Å². The molecule has 0 saturated heterocycles. The summed E-state index contributed by atoms with van der Waals surface area (Å²) < 4.78 is 0. The van der Waals surface area contributed by atoms with Gasteiger partial charge >= 0.3 is 31.4 Å². The van der Waals surface area contributed by atoms with Gasteiger partial charge in [-0.3, -0.25) is 9.59 Å². The number of nitrogens with two attached hydrogens (primary N) is 1. The van der Waals surface area contributed by atoms with Crippen LogP contribution < -0.4 is 29.7 Å². The third kappa shape index (κ3) is 10.3. The second-order valence-corrected chi connectivity index (χ2v) is 1.54. The first-order valence-corrected chi connectivity index (χ1v) is 2.24. The van der Waals surface area contributed by atoms with Gasteiger partial charge in [-0.1, -0.05) is 0 Å². The molecular weight excluding hydrogens is 318 g/mol. The minimum atomic E-state index is -1.29. The van der Waals surface area contributed by atoms with E-state index >= 15 is 0 Å². The average Bonchev–Trinajstić information content (AvgIpc) is 1.63. The number of halogens is 1. The van der Waals surface area contributed by atoms with Crippen LogP contribution in [0.25, 0.3) is 0 Å². The van der Waals surface area contributed by atoms with Gasteiger partial charge in [0.05, 0.1) is 6.42 Å². The van der Waals surface area contributed by atoms with E-state index in [-0.39, 0.29) is 43.5 Å². The van der Waals surface area contributed by atoms with Crippen LogP contribution >= 0.6 is 0 Å². The van der Waals surface area contributed by atoms with Gasteiger partial charge in [-0.15, -0.1) is 0 Å². The van der Waals surface area contributed by atoms with Crippen molar-refractivity contribution in [3.63, 3.8) is 0 Å². The molecule has 0 amide bonds. The van der Waals surface area contributed by atoms with E-state index in [0.717, 1.165) is 0 Å². The molecule has 0 saturated carbocycles. The molecule has 11 heavy (non-hydrogen) atoms. The molecule has 0 aromatic rings. The Kier molecular flexibility index (Phi) is 13.2. The third-order valence-corrected chi connectivity index (χ3v) is 0.712. The van der Waals surface area contributed by atoms with Crippen LogP contribution in [0, 0.1) is 0 Å². The Labute approximate surface area is 93.1 Å². The molecule has 7 heteroatoms. The zero-order chi connectivity index (χ0) is 7.44. The van der Waals surface area contributed by atoms with E-state index in [9.17, 15) is 9.59 Å². The summed E-state index contributed by atoms with van der Waals surface area (Å²) in [5, 5.41) is 16.0. The summed E-state index contributed by atoms with van der Waals surface area (Å²) in [5.41, 5.74) is 4.84. The van der Waals surface area contributed by atoms with E-state index in [4.69, 9.17) is 15.9 Å². The topological polar surface area (TPSA) is 101 Å². The average molecular weight is 325 g/mol. The van der Waals surface area contributed by atoms with E-state index in [1.165, 1.54) is 0 Å². The van der Waals surface area contributed by atoms with E-state index in [0.29, 0.717) is 0 Å². The van der Waals surface area contributed by atoms with Gasteiger partial charge in [0.25, 0.3) is 0 Å². The molecule has 0 rings (SSSR count). The summed E-state index contributed by atoms with van der Waals surface area (Å²) in [7, 11) is 0. The predicted octanol–water partition coefficient (Wildman–Crippen LogP) is -4.13. The van der Waals surface area contributed by atoms with Crippen LogP contribution in [0.3, 0.4) is 0 Å². The zero-order valence-corrected chi connectivity index (χ0v) is 10.8.